The van der Waals surface area contributed by atoms with Crippen molar-refractivity contribution in [3.8, 4) is 23.0 Å². The first-order chi connectivity index (χ1) is 22.8. The fourth-order valence-corrected chi connectivity index (χ4v) is 9.87. The molecular weight excluding hydrogens is 785 g/mol. The maximum Gasteiger partial charge on any atom is 0.341 e. The molecule has 1 rings (SSSR count). The lowest BCUT2D eigenvalue weighted by molar-refractivity contribution is -0.372. The summed E-state index contributed by atoms with van der Waals surface area (Å²) in [6.45, 7) is 24.2. The fourth-order valence-electron chi connectivity index (χ4n) is 6.78. The standard InChI is InChI=1S/C30H43O9Si10/c1-12-13-14-17(2)25(3,4)26(5,6)27(7,8)28(9,10)30(38-47,39-48)29(36-45,37-46)15-18-20(19(31-40)16-49-11)22(33-42)24(35-44)23(34-43)21(18)32-41/h16-17H,12-15H2,1-11H3/b19-16+. The largest absolute Gasteiger partial charge is 0.540 e. The van der Waals surface area contributed by atoms with E-state index in [0.717, 1.165) is 19.3 Å². The second-order valence-corrected chi connectivity index (χ2v) is 16.8. The molecule has 0 spiro atoms. The highest BCUT2D eigenvalue weighted by molar-refractivity contribution is 6.42. The minimum atomic E-state index is -1.90. The van der Waals surface area contributed by atoms with Crippen molar-refractivity contribution in [2.75, 3.05) is 0 Å². The molecule has 49 heavy (non-hydrogen) atoms. The minimum absolute atomic E-state index is 0.0745. The third kappa shape index (κ3) is 7.94. The van der Waals surface area contributed by atoms with Crippen molar-refractivity contribution in [3.63, 3.8) is 0 Å². The Kier molecular flexibility index (Phi) is 18.1. The van der Waals surface area contributed by atoms with Crippen LogP contribution in [0.5, 0.6) is 23.0 Å². The van der Waals surface area contributed by atoms with Crippen LogP contribution in [0.1, 0.15) is 99.6 Å². The van der Waals surface area contributed by atoms with Gasteiger partial charge in [-0.1, -0.05) is 101 Å². The molecule has 0 aromatic heterocycles. The smallest absolute Gasteiger partial charge is 0.341 e. The zero-order valence-electron chi connectivity index (χ0n) is 30.2. The monoisotopic (exact) mass is 827 g/mol. The molecule has 0 saturated heterocycles. The van der Waals surface area contributed by atoms with Crippen LogP contribution < -0.4 is 17.7 Å². The van der Waals surface area contributed by atoms with E-state index < -0.39 is 22.4 Å². The molecule has 0 saturated carbocycles. The number of hydrogen-bond donors (Lipinski definition) is 0. The zero-order chi connectivity index (χ0) is 38.2. The van der Waals surface area contributed by atoms with E-state index in [4.69, 9.17) is 39.8 Å². The molecule has 19 heteroatoms. The van der Waals surface area contributed by atoms with E-state index in [-0.39, 0.29) is 40.2 Å². The van der Waals surface area contributed by atoms with Gasteiger partial charge in [0.05, 0.1) is 15.1 Å². The van der Waals surface area contributed by atoms with E-state index in [1.165, 1.54) is 0 Å². The summed E-state index contributed by atoms with van der Waals surface area (Å²) < 4.78 is 53.2. The summed E-state index contributed by atoms with van der Waals surface area (Å²) >= 11 is 0. The van der Waals surface area contributed by atoms with Crippen molar-refractivity contribution in [2.45, 2.75) is 113 Å². The molecule has 0 fully saturated rings. The van der Waals surface area contributed by atoms with Crippen molar-refractivity contribution in [1.29, 1.82) is 0 Å². The Morgan fingerprint density at radius 1 is 0.673 bits per heavy atom. The van der Waals surface area contributed by atoms with Gasteiger partial charge in [-0.3, -0.25) is 0 Å². The quantitative estimate of drug-likeness (QED) is 0.0982. The van der Waals surface area contributed by atoms with Crippen molar-refractivity contribution >= 4 is 110 Å². The molecule has 0 heterocycles. The first-order valence-corrected chi connectivity index (χ1v) is 20.7. The van der Waals surface area contributed by atoms with Crippen LogP contribution in [-0.4, -0.2) is 115 Å². The zero-order valence-corrected chi connectivity index (χ0v) is 40.2. The van der Waals surface area contributed by atoms with Gasteiger partial charge in [0, 0.05) is 17.4 Å². The Hall–Kier alpha value is -0.0312. The summed E-state index contributed by atoms with van der Waals surface area (Å²) in [4.78, 5) is 0. The van der Waals surface area contributed by atoms with E-state index in [2.05, 4.69) is 150 Å². The summed E-state index contributed by atoms with van der Waals surface area (Å²) in [7, 11) is 29.7. The molecule has 0 aliphatic carbocycles. The van der Waals surface area contributed by atoms with Crippen LogP contribution in [0.4, 0.5) is 0 Å². The van der Waals surface area contributed by atoms with E-state index in [1.807, 2.05) is 26.1 Å². The lowest BCUT2D eigenvalue weighted by Gasteiger charge is -2.66. The molecule has 1 aromatic rings. The molecule has 0 aliphatic rings. The number of rotatable bonds is 22. The summed E-state index contributed by atoms with van der Waals surface area (Å²) in [6.07, 6.45) is 3.19. The summed E-state index contributed by atoms with van der Waals surface area (Å²) in [6, 6.07) is 0. The average Bonchev–Trinajstić information content (AvgIpc) is 3.08. The Morgan fingerprint density at radius 3 is 1.51 bits per heavy atom. The van der Waals surface area contributed by atoms with Gasteiger partial charge in [-0.25, -0.2) is 0 Å². The Labute approximate surface area is 328 Å². The van der Waals surface area contributed by atoms with Crippen LogP contribution in [0.25, 0.3) is 5.76 Å². The van der Waals surface area contributed by atoms with Gasteiger partial charge in [-0.05, 0) is 22.2 Å². The minimum Gasteiger partial charge on any atom is -0.540 e. The molecule has 0 aliphatic heterocycles. The maximum absolute atomic E-state index is 6.30. The van der Waals surface area contributed by atoms with E-state index in [9.17, 15) is 0 Å². The average molecular weight is 829 g/mol. The molecule has 9 nitrogen and oxygen atoms in total. The van der Waals surface area contributed by atoms with Crippen molar-refractivity contribution in [2.24, 2.45) is 27.6 Å². The van der Waals surface area contributed by atoms with E-state index in [0.29, 0.717) is 32.3 Å². The molecular formula is C30H43O9Si10. The molecule has 1 unspecified atom stereocenters. The number of unbranched alkanes of at least 4 members (excludes halogenated alkanes) is 1. The van der Waals surface area contributed by atoms with Crippen LogP contribution in [0, 0.1) is 27.6 Å². The van der Waals surface area contributed by atoms with Gasteiger partial charge in [0.2, 0.25) is 11.6 Å². The second-order valence-electron chi connectivity index (χ2n) is 14.1. The van der Waals surface area contributed by atoms with Gasteiger partial charge in [0.1, 0.15) is 5.76 Å². The Balaban J connectivity index is 4.43. The van der Waals surface area contributed by atoms with Crippen molar-refractivity contribution in [1.82, 2.24) is 0 Å². The molecule has 0 amide bonds. The predicted octanol–water partition coefficient (Wildman–Crippen LogP) is 3.95. The highest BCUT2D eigenvalue weighted by atomic mass is 28.2. The van der Waals surface area contributed by atoms with Crippen LogP contribution in [-0.2, 0) is 28.6 Å². The van der Waals surface area contributed by atoms with Crippen LogP contribution in [0.3, 0.4) is 0 Å². The van der Waals surface area contributed by atoms with Gasteiger partial charge in [0.15, 0.2) is 23.0 Å². The summed E-state index contributed by atoms with van der Waals surface area (Å²) in [5.41, 5.74) is 0.534. The first-order valence-electron chi connectivity index (χ1n) is 15.4. The highest BCUT2D eigenvalue weighted by Crippen LogP contribution is 2.67. The van der Waals surface area contributed by atoms with Crippen LogP contribution in [0.15, 0.2) is 5.70 Å². The topological polar surface area (TPSA) is 83.1 Å². The third-order valence-corrected chi connectivity index (χ3v) is 14.6. The Bertz CT molecular complexity index is 1250. The van der Waals surface area contributed by atoms with Crippen molar-refractivity contribution in [3.05, 3.63) is 16.8 Å². The second kappa shape index (κ2) is 18.8. The molecule has 257 valence electrons. The first kappa shape index (κ1) is 47.0. The van der Waals surface area contributed by atoms with Gasteiger partial charge < -0.3 is 39.8 Å². The molecule has 1 atom stereocenters. The molecule has 0 bridgehead atoms. The number of benzene rings is 1. The highest BCUT2D eigenvalue weighted by Gasteiger charge is 2.70. The van der Waals surface area contributed by atoms with Gasteiger partial charge in [-0.15, -0.1) is 0 Å². The normalized spacial score (nSPS) is 14.5. The maximum atomic E-state index is 6.30. The predicted molar refractivity (Wildman–Crippen MR) is 199 cm³/mol. The van der Waals surface area contributed by atoms with Crippen molar-refractivity contribution < 1.29 is 39.8 Å². The lowest BCUT2D eigenvalue weighted by atomic mass is 9.43. The van der Waals surface area contributed by atoms with Gasteiger partial charge in [0.25, 0.3) is 41.9 Å². The third-order valence-electron chi connectivity index (χ3n) is 11.8. The molecule has 1 aromatic carbocycles. The lowest BCUT2D eigenvalue weighted by Crippen LogP contribution is -2.73. The SMILES string of the molecule is CCCCC(C)C(C)(C)C(C)(C)C(C)(C)C(C)(C)C(O[Si])(O[Si])C(Cc1c(O[Si])c(O[Si])c(O[Si])c(O[Si])c1/C(=C\[Si]C)O[Si])(O[Si])O[Si]. The molecule has 29 radical (unpaired) electrons. The van der Waals surface area contributed by atoms with Gasteiger partial charge >= 0.3 is 52.4 Å². The van der Waals surface area contributed by atoms with Crippen LogP contribution >= 0.6 is 0 Å². The fraction of sp³-hybridized carbons (Fsp3) is 0.733. The summed E-state index contributed by atoms with van der Waals surface area (Å²) in [5.74, 6) is -2.52. The van der Waals surface area contributed by atoms with E-state index >= 15 is 0 Å². The van der Waals surface area contributed by atoms with Crippen LogP contribution in [0.2, 0.25) is 6.55 Å². The molecule has 0 N–H and O–H groups in total. The van der Waals surface area contributed by atoms with E-state index in [1.54, 1.807) is 0 Å². The summed E-state index contributed by atoms with van der Waals surface area (Å²) in [5, 5.41) is 0. The Morgan fingerprint density at radius 2 is 1.14 bits per heavy atom. The number of hydrogen-bond acceptors (Lipinski definition) is 9. The van der Waals surface area contributed by atoms with Gasteiger partial charge in [-0.2, -0.15) is 0 Å².